The molecule has 11 heteroatoms. The van der Waals surface area contributed by atoms with Crippen LogP contribution < -0.4 is 16.4 Å². The molecule has 3 atom stereocenters. The van der Waals surface area contributed by atoms with Crippen molar-refractivity contribution < 1.29 is 34.5 Å². The van der Waals surface area contributed by atoms with Crippen molar-refractivity contribution in [3.05, 3.63) is 35.9 Å². The summed E-state index contributed by atoms with van der Waals surface area (Å²) in [4.78, 5) is 45.6. The normalized spacial score (nSPS) is 13.7. The molecule has 10 nitrogen and oxygen atoms in total. The lowest BCUT2D eigenvalue weighted by molar-refractivity contribution is -0.139. The molecule has 1 aromatic carbocycles. The van der Waals surface area contributed by atoms with Crippen LogP contribution in [0.25, 0.3) is 0 Å². The zero-order chi connectivity index (χ0) is 21.8. The van der Waals surface area contributed by atoms with Crippen LogP contribution in [0, 0.1) is 0 Å². The van der Waals surface area contributed by atoms with Crippen LogP contribution in [0.4, 0.5) is 0 Å². The Morgan fingerprint density at radius 1 is 1.07 bits per heavy atom. The maximum atomic E-state index is 12.2. The molecule has 0 saturated carbocycles. The highest BCUT2D eigenvalue weighted by Gasteiger charge is 2.23. The van der Waals surface area contributed by atoms with E-state index in [2.05, 4.69) is 10.6 Å². The van der Waals surface area contributed by atoms with Gasteiger partial charge >= 0.3 is 11.9 Å². The fraction of sp³-hybridized carbons (Fsp3) is 0.444. The van der Waals surface area contributed by atoms with E-state index in [0.29, 0.717) is 5.56 Å². The average molecular weight is 427 g/mol. The van der Waals surface area contributed by atoms with Gasteiger partial charge in [-0.1, -0.05) is 30.3 Å². The number of nitrogens with two attached hydrogens (primary N) is 1. The SMILES string of the molecule is N[C@@H](CCC(=O)N[C@@H](CSC[C@@H](O)c1ccccc1)C(=O)NCC(=O)O)C(=O)O. The van der Waals surface area contributed by atoms with E-state index in [0.717, 1.165) is 0 Å². The Bertz CT molecular complexity index is 702. The third-order valence-electron chi connectivity index (χ3n) is 3.81. The molecule has 0 spiro atoms. The molecule has 2 amide bonds. The second-order valence-electron chi connectivity index (χ2n) is 6.18. The number of aliphatic hydroxyl groups excluding tert-OH is 1. The third kappa shape index (κ3) is 9.92. The summed E-state index contributed by atoms with van der Waals surface area (Å²) in [5.74, 6) is -3.40. The van der Waals surface area contributed by atoms with Crippen molar-refractivity contribution >= 4 is 35.5 Å². The maximum absolute atomic E-state index is 12.2. The predicted octanol–water partition coefficient (Wildman–Crippen LogP) is -0.669. The molecule has 0 aliphatic carbocycles. The van der Waals surface area contributed by atoms with Crippen LogP contribution in [0.5, 0.6) is 0 Å². The van der Waals surface area contributed by atoms with E-state index in [4.69, 9.17) is 15.9 Å². The molecule has 0 radical (unpaired) electrons. The molecule has 0 aromatic heterocycles. The highest BCUT2D eigenvalue weighted by molar-refractivity contribution is 7.99. The van der Waals surface area contributed by atoms with E-state index in [9.17, 15) is 24.3 Å². The Labute approximate surface area is 171 Å². The molecule has 1 rings (SSSR count). The Morgan fingerprint density at radius 3 is 2.31 bits per heavy atom. The van der Waals surface area contributed by atoms with Crippen LogP contribution in [0.15, 0.2) is 30.3 Å². The summed E-state index contributed by atoms with van der Waals surface area (Å²) in [5.41, 5.74) is 6.06. The fourth-order valence-electron chi connectivity index (χ4n) is 2.21. The van der Waals surface area contributed by atoms with Crippen molar-refractivity contribution in [2.45, 2.75) is 31.0 Å². The lowest BCUT2D eigenvalue weighted by Crippen LogP contribution is -2.49. The summed E-state index contributed by atoms with van der Waals surface area (Å²) >= 11 is 1.21. The van der Waals surface area contributed by atoms with Crippen molar-refractivity contribution in [1.82, 2.24) is 10.6 Å². The number of amides is 2. The standard InChI is InChI=1S/C18H25N3O7S/c19-12(18(27)28)6-7-15(23)21-13(17(26)20-8-16(24)25)9-29-10-14(22)11-4-2-1-3-5-11/h1-5,12-14,22H,6-10,19H2,(H,20,26)(H,21,23)(H,24,25)(H,27,28)/t12-,13-,14+/m0/s1. The van der Waals surface area contributed by atoms with Gasteiger partial charge in [0.15, 0.2) is 0 Å². The summed E-state index contributed by atoms with van der Waals surface area (Å²) in [5, 5.41) is 32.3. The number of carboxylic acids is 2. The molecule has 0 aliphatic rings. The molecule has 0 unspecified atom stereocenters. The number of hydrogen-bond donors (Lipinski definition) is 6. The Balaban J connectivity index is 2.60. The monoisotopic (exact) mass is 427 g/mol. The fourth-order valence-corrected chi connectivity index (χ4v) is 3.24. The largest absolute Gasteiger partial charge is 0.480 e. The predicted molar refractivity (Wildman–Crippen MR) is 106 cm³/mol. The van der Waals surface area contributed by atoms with Gasteiger partial charge in [-0.25, -0.2) is 0 Å². The van der Waals surface area contributed by atoms with E-state index in [1.165, 1.54) is 11.8 Å². The van der Waals surface area contributed by atoms with Gasteiger partial charge in [-0.15, -0.1) is 0 Å². The second kappa shape index (κ2) is 12.8. The smallest absolute Gasteiger partial charge is 0.322 e. The zero-order valence-electron chi connectivity index (χ0n) is 15.6. The van der Waals surface area contributed by atoms with Gasteiger partial charge in [0, 0.05) is 17.9 Å². The number of hydrogen-bond acceptors (Lipinski definition) is 7. The lowest BCUT2D eigenvalue weighted by Gasteiger charge is -2.19. The van der Waals surface area contributed by atoms with E-state index in [1.807, 2.05) is 6.07 Å². The number of thioether (sulfide) groups is 1. The van der Waals surface area contributed by atoms with Crippen LogP contribution in [0.2, 0.25) is 0 Å². The number of aliphatic hydroxyl groups is 1. The first kappa shape index (κ1) is 24.4. The number of aliphatic carboxylic acids is 2. The highest BCUT2D eigenvalue weighted by atomic mass is 32.2. The summed E-state index contributed by atoms with van der Waals surface area (Å²) in [6.45, 7) is -0.605. The number of nitrogens with one attached hydrogen (secondary N) is 2. The minimum Gasteiger partial charge on any atom is -0.480 e. The molecule has 7 N–H and O–H groups in total. The first-order valence-electron chi connectivity index (χ1n) is 8.78. The number of carbonyl (C=O) groups is 4. The van der Waals surface area contributed by atoms with Crippen molar-refractivity contribution in [3.63, 3.8) is 0 Å². The highest BCUT2D eigenvalue weighted by Crippen LogP contribution is 2.18. The number of benzene rings is 1. The topological polar surface area (TPSA) is 179 Å². The van der Waals surface area contributed by atoms with Gasteiger partial charge in [-0.3, -0.25) is 19.2 Å². The summed E-state index contributed by atoms with van der Waals surface area (Å²) in [7, 11) is 0. The van der Waals surface area contributed by atoms with Crippen LogP contribution in [0.3, 0.4) is 0 Å². The summed E-state index contributed by atoms with van der Waals surface area (Å²) in [6, 6.07) is 6.66. The van der Waals surface area contributed by atoms with E-state index in [1.54, 1.807) is 24.3 Å². The zero-order valence-corrected chi connectivity index (χ0v) is 16.4. The average Bonchev–Trinajstić information content (AvgIpc) is 2.69. The molecule has 0 aliphatic heterocycles. The molecule has 160 valence electrons. The van der Waals surface area contributed by atoms with Crippen LogP contribution in [-0.4, -0.2) is 69.2 Å². The first-order chi connectivity index (χ1) is 13.7. The van der Waals surface area contributed by atoms with Gasteiger partial charge in [-0.2, -0.15) is 11.8 Å². The molecule has 0 saturated heterocycles. The summed E-state index contributed by atoms with van der Waals surface area (Å²) in [6.07, 6.45) is -1.08. The van der Waals surface area contributed by atoms with E-state index >= 15 is 0 Å². The number of rotatable bonds is 13. The van der Waals surface area contributed by atoms with Gasteiger partial charge in [0.25, 0.3) is 0 Å². The summed E-state index contributed by atoms with van der Waals surface area (Å²) < 4.78 is 0. The van der Waals surface area contributed by atoms with Crippen molar-refractivity contribution in [3.8, 4) is 0 Å². The van der Waals surface area contributed by atoms with Gasteiger partial charge in [0.1, 0.15) is 18.6 Å². The molecule has 0 heterocycles. The molecular weight excluding hydrogens is 402 g/mol. The minimum atomic E-state index is -1.24. The first-order valence-corrected chi connectivity index (χ1v) is 9.94. The van der Waals surface area contributed by atoms with E-state index in [-0.39, 0.29) is 24.3 Å². The lowest BCUT2D eigenvalue weighted by atomic mass is 10.1. The second-order valence-corrected chi connectivity index (χ2v) is 7.25. The molecule has 29 heavy (non-hydrogen) atoms. The van der Waals surface area contributed by atoms with Gasteiger partial charge in [0.05, 0.1) is 6.10 Å². The minimum absolute atomic E-state index is 0.0894. The Morgan fingerprint density at radius 2 is 1.72 bits per heavy atom. The number of carboxylic acid groups (broad SMARTS) is 2. The van der Waals surface area contributed by atoms with Crippen LogP contribution >= 0.6 is 11.8 Å². The van der Waals surface area contributed by atoms with Crippen LogP contribution in [0.1, 0.15) is 24.5 Å². The van der Waals surface area contributed by atoms with Gasteiger partial charge < -0.3 is 31.7 Å². The van der Waals surface area contributed by atoms with Crippen molar-refractivity contribution in [2.75, 3.05) is 18.1 Å². The molecule has 1 aromatic rings. The third-order valence-corrected chi connectivity index (χ3v) is 4.93. The van der Waals surface area contributed by atoms with E-state index < -0.39 is 48.5 Å². The number of carbonyl (C=O) groups excluding carboxylic acids is 2. The van der Waals surface area contributed by atoms with Crippen LogP contribution in [-0.2, 0) is 19.2 Å². The molecule has 0 bridgehead atoms. The van der Waals surface area contributed by atoms with Crippen molar-refractivity contribution in [2.24, 2.45) is 5.73 Å². The quantitative estimate of drug-likeness (QED) is 0.238. The molecular formula is C18H25N3O7S. The van der Waals surface area contributed by atoms with Gasteiger partial charge in [0.2, 0.25) is 11.8 Å². The van der Waals surface area contributed by atoms with Crippen molar-refractivity contribution in [1.29, 1.82) is 0 Å². The maximum Gasteiger partial charge on any atom is 0.322 e. The Hall–Kier alpha value is -2.63. The Kier molecular flexibility index (Phi) is 10.7. The molecule has 0 fully saturated rings. The van der Waals surface area contributed by atoms with Gasteiger partial charge in [-0.05, 0) is 12.0 Å².